The van der Waals surface area contributed by atoms with Crippen LogP contribution in [-0.4, -0.2) is 76.1 Å². The van der Waals surface area contributed by atoms with E-state index in [1.165, 1.54) is 42.3 Å². The highest BCUT2D eigenvalue weighted by atomic mass is 19.1. The van der Waals surface area contributed by atoms with Gasteiger partial charge in [0.15, 0.2) is 12.1 Å². The molecule has 0 aliphatic heterocycles. The second-order valence-corrected chi connectivity index (χ2v) is 13.0. The van der Waals surface area contributed by atoms with E-state index < -0.39 is 83.0 Å². The molecule has 0 fully saturated rings. The summed E-state index contributed by atoms with van der Waals surface area (Å²) >= 11 is 0. The maximum absolute atomic E-state index is 13.2. The van der Waals surface area contributed by atoms with Gasteiger partial charge in [0.05, 0.1) is 41.3 Å². The van der Waals surface area contributed by atoms with Crippen molar-refractivity contribution in [2.75, 3.05) is 28.4 Å². The molecule has 0 saturated carbocycles. The van der Waals surface area contributed by atoms with Gasteiger partial charge in [0, 0.05) is 12.1 Å². The predicted molar refractivity (Wildman–Crippen MR) is 207 cm³/mol. The van der Waals surface area contributed by atoms with E-state index in [2.05, 4.69) is 21.3 Å². The quantitative estimate of drug-likeness (QED) is 0.0946. The van der Waals surface area contributed by atoms with Crippen molar-refractivity contribution in [3.05, 3.63) is 130 Å². The van der Waals surface area contributed by atoms with Gasteiger partial charge in [-0.25, -0.2) is 27.2 Å². The number of amides is 4. The first-order valence-electron chi connectivity index (χ1n) is 18.0. The minimum Gasteiger partial charge on any atom is -0.497 e. The van der Waals surface area contributed by atoms with Crippen molar-refractivity contribution in [2.45, 2.75) is 50.9 Å². The van der Waals surface area contributed by atoms with Crippen LogP contribution in [-0.2, 0) is 51.1 Å². The molecule has 4 amide bonds. The fourth-order valence-electron chi connectivity index (χ4n) is 5.46. The second-order valence-electron chi connectivity index (χ2n) is 13.0. The lowest BCUT2D eigenvalue weighted by atomic mass is 10.1. The van der Waals surface area contributed by atoms with Gasteiger partial charge in [0.1, 0.15) is 46.9 Å². The molecule has 4 N–H and O–H groups in total. The van der Waals surface area contributed by atoms with Crippen LogP contribution in [0.2, 0.25) is 0 Å². The Hall–Kier alpha value is -6.98. The average Bonchev–Trinajstić information content (AvgIpc) is 3.20. The van der Waals surface area contributed by atoms with Crippen LogP contribution in [0.3, 0.4) is 0 Å². The van der Waals surface area contributed by atoms with Crippen LogP contribution in [0.5, 0.6) is 11.5 Å². The largest absolute Gasteiger partial charge is 0.497 e. The molecule has 60 heavy (non-hydrogen) atoms. The Bertz CT molecular complexity index is 2110. The van der Waals surface area contributed by atoms with E-state index in [4.69, 9.17) is 18.9 Å². The minimum atomic E-state index is -1.12. The van der Waals surface area contributed by atoms with Gasteiger partial charge in [0.2, 0.25) is 23.6 Å². The standard InChI is InChI=1S/2C21H22F2N2O5/c1-12(24-18(26)10-13-8-15(22)11-16(23)9-13)20(27)25-19(21(28)30-3)14-4-6-17(29-2)7-5-14;1-12(24-18(26)9-13-7-15(22)11-16(23)8-13)20(27)25-19(21(28)30-3)14-5-4-6-17(10-14)29-2/h4-9,11-12,19H,10H2,1-3H3,(H,24,26)(H,25,27);4-8,10-12,19H,9H2,1-3H3,(H,24,26)(H,25,27)/t2*12-,19?/m00/s1. The van der Waals surface area contributed by atoms with Crippen molar-refractivity contribution >= 4 is 35.6 Å². The molecule has 0 aliphatic carbocycles. The molecule has 2 unspecified atom stereocenters. The number of methoxy groups -OCH3 is 4. The lowest BCUT2D eigenvalue weighted by Gasteiger charge is -2.20. The van der Waals surface area contributed by atoms with Crippen LogP contribution in [0.25, 0.3) is 0 Å². The molecule has 4 aromatic carbocycles. The number of hydrogen-bond acceptors (Lipinski definition) is 10. The maximum Gasteiger partial charge on any atom is 0.333 e. The van der Waals surface area contributed by atoms with Crippen LogP contribution >= 0.6 is 0 Å². The lowest BCUT2D eigenvalue weighted by Crippen LogP contribution is -2.47. The molecule has 0 aromatic heterocycles. The van der Waals surface area contributed by atoms with Gasteiger partial charge in [-0.2, -0.15) is 0 Å². The third-order valence-electron chi connectivity index (χ3n) is 8.44. The van der Waals surface area contributed by atoms with Gasteiger partial charge >= 0.3 is 11.9 Å². The third-order valence-corrected chi connectivity index (χ3v) is 8.44. The molecule has 0 saturated heterocycles. The number of hydrogen-bond donors (Lipinski definition) is 4. The van der Waals surface area contributed by atoms with Gasteiger partial charge in [-0.1, -0.05) is 24.3 Å². The molecule has 4 rings (SSSR count). The van der Waals surface area contributed by atoms with E-state index >= 15 is 0 Å². The van der Waals surface area contributed by atoms with Gasteiger partial charge in [0.25, 0.3) is 0 Å². The molecule has 320 valence electrons. The summed E-state index contributed by atoms with van der Waals surface area (Å²) in [5.41, 5.74) is 1.15. The molecule has 18 heteroatoms. The first kappa shape index (κ1) is 47.4. The fourth-order valence-corrected chi connectivity index (χ4v) is 5.46. The number of carbonyl (C=O) groups excluding carboxylic acids is 6. The average molecular weight is 841 g/mol. The maximum atomic E-state index is 13.2. The summed E-state index contributed by atoms with van der Waals surface area (Å²) in [6.45, 7) is 2.83. The van der Waals surface area contributed by atoms with Gasteiger partial charge < -0.3 is 40.2 Å². The van der Waals surface area contributed by atoms with Gasteiger partial charge in [-0.15, -0.1) is 0 Å². The Balaban J connectivity index is 0.000000320. The van der Waals surface area contributed by atoms with Crippen molar-refractivity contribution in [1.29, 1.82) is 0 Å². The summed E-state index contributed by atoms with van der Waals surface area (Å²) in [6, 6.07) is 14.3. The Morgan fingerprint density at radius 3 is 1.28 bits per heavy atom. The van der Waals surface area contributed by atoms with Gasteiger partial charge in [-0.3, -0.25) is 19.2 Å². The number of nitrogens with one attached hydrogen (secondary N) is 4. The summed E-state index contributed by atoms with van der Waals surface area (Å²) in [5, 5.41) is 9.90. The molecule has 0 heterocycles. The number of halogens is 4. The van der Waals surface area contributed by atoms with Crippen LogP contribution in [0.15, 0.2) is 84.9 Å². The highest BCUT2D eigenvalue weighted by molar-refractivity contribution is 5.92. The topological polar surface area (TPSA) is 187 Å². The van der Waals surface area contributed by atoms with Gasteiger partial charge in [-0.05, 0) is 84.6 Å². The monoisotopic (exact) mass is 840 g/mol. The van der Waals surface area contributed by atoms with Crippen molar-refractivity contribution in [1.82, 2.24) is 21.3 Å². The van der Waals surface area contributed by atoms with E-state index in [0.717, 1.165) is 24.3 Å². The van der Waals surface area contributed by atoms with Crippen LogP contribution < -0.4 is 30.7 Å². The molecule has 0 bridgehead atoms. The fraction of sp³-hybridized carbons (Fsp3) is 0.286. The number of rotatable bonds is 16. The Kier molecular flexibility index (Phi) is 18.0. The number of esters is 2. The predicted octanol–water partition coefficient (Wildman–Crippen LogP) is 4.10. The zero-order valence-electron chi connectivity index (χ0n) is 33.4. The van der Waals surface area contributed by atoms with E-state index in [-0.39, 0.29) is 24.0 Å². The van der Waals surface area contributed by atoms with Crippen molar-refractivity contribution in [2.24, 2.45) is 0 Å². The molecular formula is C42H44F4N4O10. The number of carbonyl (C=O) groups is 6. The van der Waals surface area contributed by atoms with Crippen molar-refractivity contribution in [3.8, 4) is 11.5 Å². The molecule has 4 aromatic rings. The summed E-state index contributed by atoms with van der Waals surface area (Å²) in [6.07, 6.45) is -0.631. The van der Waals surface area contributed by atoms with E-state index in [1.807, 2.05) is 0 Å². The minimum absolute atomic E-state index is 0.126. The Morgan fingerprint density at radius 1 is 0.500 bits per heavy atom. The summed E-state index contributed by atoms with van der Waals surface area (Å²) in [7, 11) is 5.34. The zero-order chi connectivity index (χ0) is 44.5. The SMILES string of the molecule is COC(=O)C(NC(=O)[C@H](C)NC(=O)Cc1cc(F)cc(F)c1)c1ccc(OC)cc1.COC(=O)C(NC(=O)[C@H](C)NC(=O)Cc1cc(F)cc(F)c1)c1cccc(OC)c1. The van der Waals surface area contributed by atoms with Crippen molar-refractivity contribution < 1.29 is 65.3 Å². The second kappa shape index (κ2) is 22.8. The van der Waals surface area contributed by atoms with E-state index in [1.54, 1.807) is 48.5 Å². The number of ether oxygens (including phenoxy) is 4. The molecule has 14 nitrogen and oxygen atoms in total. The Morgan fingerprint density at radius 2 is 0.900 bits per heavy atom. The third kappa shape index (κ3) is 14.8. The first-order chi connectivity index (χ1) is 28.5. The highest BCUT2D eigenvalue weighted by Crippen LogP contribution is 2.21. The molecule has 4 atom stereocenters. The molecular weight excluding hydrogens is 796 g/mol. The van der Waals surface area contributed by atoms with Crippen LogP contribution in [0.1, 0.15) is 48.2 Å². The molecule has 0 spiro atoms. The normalized spacial score (nSPS) is 12.4. The van der Waals surface area contributed by atoms with Crippen LogP contribution in [0.4, 0.5) is 17.6 Å². The summed E-state index contributed by atoms with van der Waals surface area (Å²) in [4.78, 5) is 73.5. The van der Waals surface area contributed by atoms with Crippen LogP contribution in [0, 0.1) is 23.3 Å². The smallest absolute Gasteiger partial charge is 0.333 e. The van der Waals surface area contributed by atoms with Crippen molar-refractivity contribution in [3.63, 3.8) is 0 Å². The Labute approximate surface area is 342 Å². The lowest BCUT2D eigenvalue weighted by molar-refractivity contribution is -0.146. The summed E-state index contributed by atoms with van der Waals surface area (Å²) in [5.74, 6) is -6.05. The molecule has 0 aliphatic rings. The van der Waals surface area contributed by atoms with E-state index in [0.29, 0.717) is 34.8 Å². The summed E-state index contributed by atoms with van der Waals surface area (Å²) < 4.78 is 72.7. The highest BCUT2D eigenvalue weighted by Gasteiger charge is 2.28. The van der Waals surface area contributed by atoms with E-state index in [9.17, 15) is 46.3 Å². The number of benzene rings is 4. The first-order valence-corrected chi connectivity index (χ1v) is 18.0. The molecule has 0 radical (unpaired) electrons. The zero-order valence-corrected chi connectivity index (χ0v) is 33.4.